The molecule has 1 aromatic carbocycles. The third-order valence-corrected chi connectivity index (χ3v) is 5.15. The third kappa shape index (κ3) is 5.47. The number of nitrogens with one attached hydrogen (secondary N) is 1. The molecular formula is C21H29N3O4. The highest BCUT2D eigenvalue weighted by Gasteiger charge is 2.16. The standard InChI is InChI=1S/C21H29N3O4/c1-26-17-11-10-15(14-18(17)27-2)21-23-20(28-24-21)13-12-19(25)22-16-8-6-4-3-5-7-9-16/h10-11,14,16H,3-9,12-13H2,1-2H3,(H,22,25). The summed E-state index contributed by atoms with van der Waals surface area (Å²) < 4.78 is 15.9. The number of methoxy groups -OCH3 is 2. The molecule has 0 spiro atoms. The molecule has 1 saturated carbocycles. The van der Waals surface area contributed by atoms with Crippen LogP contribution in [0.2, 0.25) is 0 Å². The zero-order chi connectivity index (χ0) is 19.8. The van der Waals surface area contributed by atoms with Crippen LogP contribution in [-0.4, -0.2) is 36.3 Å². The van der Waals surface area contributed by atoms with Gasteiger partial charge in [-0.05, 0) is 31.0 Å². The van der Waals surface area contributed by atoms with Gasteiger partial charge in [-0.1, -0.05) is 37.3 Å². The molecular weight excluding hydrogens is 358 g/mol. The van der Waals surface area contributed by atoms with Gasteiger partial charge in [0.25, 0.3) is 0 Å². The van der Waals surface area contributed by atoms with Crippen molar-refractivity contribution in [3.05, 3.63) is 24.1 Å². The van der Waals surface area contributed by atoms with Crippen LogP contribution in [-0.2, 0) is 11.2 Å². The number of nitrogens with zero attached hydrogens (tertiary/aromatic N) is 2. The number of carbonyl (C=O) groups is 1. The zero-order valence-electron chi connectivity index (χ0n) is 16.7. The number of rotatable bonds is 7. The summed E-state index contributed by atoms with van der Waals surface area (Å²) in [5.41, 5.74) is 0.770. The normalized spacial score (nSPS) is 15.5. The second kappa shape index (κ2) is 10.1. The van der Waals surface area contributed by atoms with Crippen molar-refractivity contribution in [3.63, 3.8) is 0 Å². The molecule has 7 heteroatoms. The molecule has 1 aromatic heterocycles. The highest BCUT2D eigenvalue weighted by Crippen LogP contribution is 2.31. The monoisotopic (exact) mass is 387 g/mol. The number of hydrogen-bond donors (Lipinski definition) is 1. The lowest BCUT2D eigenvalue weighted by Gasteiger charge is -2.20. The first-order valence-electron chi connectivity index (χ1n) is 10.0. The van der Waals surface area contributed by atoms with Crippen molar-refractivity contribution in [1.82, 2.24) is 15.5 Å². The number of hydrogen-bond acceptors (Lipinski definition) is 6. The smallest absolute Gasteiger partial charge is 0.227 e. The van der Waals surface area contributed by atoms with E-state index in [0.29, 0.717) is 42.1 Å². The first-order valence-corrected chi connectivity index (χ1v) is 10.0. The highest BCUT2D eigenvalue weighted by atomic mass is 16.5. The van der Waals surface area contributed by atoms with Crippen LogP contribution >= 0.6 is 0 Å². The molecule has 1 fully saturated rings. The maximum atomic E-state index is 12.3. The van der Waals surface area contributed by atoms with E-state index in [9.17, 15) is 4.79 Å². The van der Waals surface area contributed by atoms with Gasteiger partial charge in [0.05, 0.1) is 14.2 Å². The first-order chi connectivity index (χ1) is 13.7. The molecule has 0 unspecified atom stereocenters. The Morgan fingerprint density at radius 1 is 1.11 bits per heavy atom. The fraction of sp³-hybridized carbons (Fsp3) is 0.571. The summed E-state index contributed by atoms with van der Waals surface area (Å²) in [5.74, 6) is 2.22. The van der Waals surface area contributed by atoms with Crippen LogP contribution in [0.15, 0.2) is 22.7 Å². The van der Waals surface area contributed by atoms with E-state index in [1.54, 1.807) is 26.4 Å². The van der Waals surface area contributed by atoms with Crippen LogP contribution in [0.1, 0.15) is 57.3 Å². The number of aromatic nitrogens is 2. The van der Waals surface area contributed by atoms with Crippen molar-refractivity contribution in [1.29, 1.82) is 0 Å². The Bertz CT molecular complexity index is 767. The number of ether oxygens (including phenoxy) is 2. The Balaban J connectivity index is 1.53. The predicted octanol–water partition coefficient (Wildman–Crippen LogP) is 3.92. The van der Waals surface area contributed by atoms with E-state index < -0.39 is 0 Å². The molecule has 1 aliphatic carbocycles. The summed E-state index contributed by atoms with van der Waals surface area (Å²) in [6, 6.07) is 5.75. The van der Waals surface area contributed by atoms with Crippen LogP contribution < -0.4 is 14.8 Å². The molecule has 3 rings (SSSR count). The van der Waals surface area contributed by atoms with E-state index in [0.717, 1.165) is 18.4 Å². The quantitative estimate of drug-likeness (QED) is 0.775. The lowest BCUT2D eigenvalue weighted by atomic mass is 9.96. The van der Waals surface area contributed by atoms with E-state index in [-0.39, 0.29) is 5.91 Å². The molecule has 0 bridgehead atoms. The van der Waals surface area contributed by atoms with E-state index in [1.165, 1.54) is 32.1 Å². The maximum absolute atomic E-state index is 12.3. The Hall–Kier alpha value is -2.57. The van der Waals surface area contributed by atoms with Gasteiger partial charge in [0.2, 0.25) is 17.6 Å². The van der Waals surface area contributed by atoms with Gasteiger partial charge in [-0.15, -0.1) is 0 Å². The number of aryl methyl sites for hydroxylation is 1. The Kier molecular flexibility index (Phi) is 7.28. The molecule has 1 aliphatic rings. The van der Waals surface area contributed by atoms with Crippen LogP contribution in [0.5, 0.6) is 11.5 Å². The van der Waals surface area contributed by atoms with Gasteiger partial charge in [-0.25, -0.2) is 0 Å². The first kappa shape index (κ1) is 20.2. The predicted molar refractivity (Wildman–Crippen MR) is 105 cm³/mol. The minimum atomic E-state index is 0.0523. The molecule has 1 N–H and O–H groups in total. The number of amides is 1. The molecule has 0 atom stereocenters. The Morgan fingerprint density at radius 2 is 1.82 bits per heavy atom. The zero-order valence-corrected chi connectivity index (χ0v) is 16.7. The van der Waals surface area contributed by atoms with Gasteiger partial charge in [0.1, 0.15) is 0 Å². The van der Waals surface area contributed by atoms with Crippen molar-refractivity contribution < 1.29 is 18.8 Å². The molecule has 7 nitrogen and oxygen atoms in total. The van der Waals surface area contributed by atoms with Gasteiger partial charge in [-0.2, -0.15) is 4.98 Å². The molecule has 152 valence electrons. The molecule has 1 amide bonds. The SMILES string of the molecule is COc1ccc(-c2noc(CCC(=O)NC3CCCCCCC3)n2)cc1OC. The molecule has 0 saturated heterocycles. The second-order valence-electron chi connectivity index (χ2n) is 7.19. The second-order valence-corrected chi connectivity index (χ2v) is 7.19. The average molecular weight is 387 g/mol. The van der Waals surface area contributed by atoms with Gasteiger partial charge in [-0.3, -0.25) is 4.79 Å². The lowest BCUT2D eigenvalue weighted by molar-refractivity contribution is -0.122. The summed E-state index contributed by atoms with van der Waals surface area (Å²) in [4.78, 5) is 16.7. The van der Waals surface area contributed by atoms with Gasteiger partial charge < -0.3 is 19.3 Å². The summed E-state index contributed by atoms with van der Waals surface area (Å²) in [7, 11) is 3.17. The van der Waals surface area contributed by atoms with E-state index in [2.05, 4.69) is 15.5 Å². The minimum absolute atomic E-state index is 0.0523. The van der Waals surface area contributed by atoms with Gasteiger partial charge >= 0.3 is 0 Å². The summed E-state index contributed by atoms with van der Waals surface area (Å²) in [6.45, 7) is 0. The fourth-order valence-corrected chi connectivity index (χ4v) is 3.57. The van der Waals surface area contributed by atoms with Crippen LogP contribution in [0.25, 0.3) is 11.4 Å². The topological polar surface area (TPSA) is 86.5 Å². The van der Waals surface area contributed by atoms with Crippen LogP contribution in [0.4, 0.5) is 0 Å². The number of carbonyl (C=O) groups excluding carboxylic acids is 1. The van der Waals surface area contributed by atoms with E-state index in [1.807, 2.05) is 6.07 Å². The van der Waals surface area contributed by atoms with Crippen LogP contribution in [0.3, 0.4) is 0 Å². The molecule has 0 aliphatic heterocycles. The van der Waals surface area contributed by atoms with Gasteiger partial charge in [0, 0.05) is 24.4 Å². The average Bonchev–Trinajstić information content (AvgIpc) is 3.17. The van der Waals surface area contributed by atoms with Crippen molar-refractivity contribution in [3.8, 4) is 22.9 Å². The van der Waals surface area contributed by atoms with Crippen molar-refractivity contribution >= 4 is 5.91 Å². The Morgan fingerprint density at radius 3 is 2.54 bits per heavy atom. The van der Waals surface area contributed by atoms with Gasteiger partial charge in [0.15, 0.2) is 11.5 Å². The third-order valence-electron chi connectivity index (χ3n) is 5.15. The highest BCUT2D eigenvalue weighted by molar-refractivity contribution is 5.76. The largest absolute Gasteiger partial charge is 0.493 e. The van der Waals surface area contributed by atoms with Crippen molar-refractivity contribution in [2.45, 2.75) is 63.8 Å². The molecule has 1 heterocycles. The van der Waals surface area contributed by atoms with Crippen molar-refractivity contribution in [2.75, 3.05) is 14.2 Å². The van der Waals surface area contributed by atoms with E-state index in [4.69, 9.17) is 14.0 Å². The molecule has 0 radical (unpaired) electrons. The summed E-state index contributed by atoms with van der Waals surface area (Å²) in [5, 5.41) is 7.18. The van der Waals surface area contributed by atoms with E-state index >= 15 is 0 Å². The van der Waals surface area contributed by atoms with Crippen LogP contribution in [0, 0.1) is 0 Å². The maximum Gasteiger partial charge on any atom is 0.227 e. The minimum Gasteiger partial charge on any atom is -0.493 e. The lowest BCUT2D eigenvalue weighted by Crippen LogP contribution is -2.35. The molecule has 2 aromatic rings. The fourth-order valence-electron chi connectivity index (χ4n) is 3.57. The Labute approximate surface area is 165 Å². The van der Waals surface area contributed by atoms with Crippen molar-refractivity contribution in [2.24, 2.45) is 0 Å². The molecule has 28 heavy (non-hydrogen) atoms. The summed E-state index contributed by atoms with van der Waals surface area (Å²) in [6.07, 6.45) is 9.20. The summed E-state index contributed by atoms with van der Waals surface area (Å²) >= 11 is 0. The number of benzene rings is 1.